The normalized spacial score (nSPS) is 12.7. The summed E-state index contributed by atoms with van der Waals surface area (Å²) in [6, 6.07) is 15.7. The summed E-state index contributed by atoms with van der Waals surface area (Å²) in [7, 11) is 0. The second-order valence-electron chi connectivity index (χ2n) is 5.55. The van der Waals surface area contributed by atoms with Gasteiger partial charge in [-0.15, -0.1) is 0 Å². The van der Waals surface area contributed by atoms with E-state index in [9.17, 15) is 5.11 Å². The van der Waals surface area contributed by atoms with Crippen LogP contribution in [0.25, 0.3) is 21.9 Å². The molecule has 0 radical (unpaired) electrons. The molecule has 116 valence electrons. The molecule has 0 saturated carbocycles. The highest BCUT2D eigenvalue weighted by Gasteiger charge is 2.10. The summed E-state index contributed by atoms with van der Waals surface area (Å²) in [4.78, 5) is 7.48. The quantitative estimate of drug-likeness (QED) is 0.596. The lowest BCUT2D eigenvalue weighted by molar-refractivity contribution is 0.0942. The van der Waals surface area contributed by atoms with Gasteiger partial charge in [0.05, 0.1) is 23.9 Å². The molecule has 0 aliphatic rings. The van der Waals surface area contributed by atoms with Crippen LogP contribution in [0.5, 0.6) is 5.75 Å². The molecule has 0 bridgehead atoms. The first-order valence-corrected chi connectivity index (χ1v) is 7.58. The highest BCUT2D eigenvalue weighted by atomic mass is 16.5. The number of aromatic amines is 1. The van der Waals surface area contributed by atoms with Crippen LogP contribution in [0, 0.1) is 0 Å². The first-order chi connectivity index (χ1) is 11.3. The van der Waals surface area contributed by atoms with Crippen LogP contribution in [-0.4, -0.2) is 32.4 Å². The van der Waals surface area contributed by atoms with Crippen LogP contribution in [0.1, 0.15) is 0 Å². The van der Waals surface area contributed by atoms with Gasteiger partial charge < -0.3 is 19.4 Å². The van der Waals surface area contributed by atoms with Crippen molar-refractivity contribution in [2.45, 2.75) is 12.6 Å². The molecule has 5 heteroatoms. The Balaban J connectivity index is 1.46. The SMILES string of the molecule is O[C@H](COc1cccc2[nH]ccc12)Cn1cnc2ccccc21. The Labute approximate surface area is 133 Å². The number of para-hydroxylation sites is 2. The van der Waals surface area contributed by atoms with Gasteiger partial charge in [-0.2, -0.15) is 0 Å². The van der Waals surface area contributed by atoms with Gasteiger partial charge in [-0.3, -0.25) is 0 Å². The summed E-state index contributed by atoms with van der Waals surface area (Å²) in [5.74, 6) is 0.776. The predicted molar refractivity (Wildman–Crippen MR) is 89.5 cm³/mol. The second-order valence-corrected chi connectivity index (χ2v) is 5.55. The topological polar surface area (TPSA) is 63.1 Å². The van der Waals surface area contributed by atoms with Crippen LogP contribution in [-0.2, 0) is 6.54 Å². The highest BCUT2D eigenvalue weighted by Crippen LogP contribution is 2.24. The minimum absolute atomic E-state index is 0.233. The summed E-state index contributed by atoms with van der Waals surface area (Å²) in [5, 5.41) is 11.3. The number of imidazole rings is 1. The molecule has 1 atom stereocenters. The lowest BCUT2D eigenvalue weighted by Crippen LogP contribution is -2.23. The molecule has 0 unspecified atom stereocenters. The number of hydrogen-bond donors (Lipinski definition) is 2. The number of nitrogens with zero attached hydrogens (tertiary/aromatic N) is 2. The van der Waals surface area contributed by atoms with E-state index in [0.717, 1.165) is 27.7 Å². The van der Waals surface area contributed by atoms with E-state index in [1.165, 1.54) is 0 Å². The van der Waals surface area contributed by atoms with Gasteiger partial charge in [0.2, 0.25) is 0 Å². The number of aliphatic hydroxyl groups is 1. The fourth-order valence-electron chi connectivity index (χ4n) is 2.80. The number of aliphatic hydroxyl groups excluding tert-OH is 1. The lowest BCUT2D eigenvalue weighted by Gasteiger charge is -2.14. The molecular formula is C18H17N3O2. The van der Waals surface area contributed by atoms with Crippen molar-refractivity contribution in [1.29, 1.82) is 0 Å². The van der Waals surface area contributed by atoms with Crippen LogP contribution in [0.3, 0.4) is 0 Å². The Morgan fingerprint density at radius 2 is 2.04 bits per heavy atom. The summed E-state index contributed by atoms with van der Waals surface area (Å²) in [5.41, 5.74) is 2.97. The van der Waals surface area contributed by atoms with Crippen LogP contribution < -0.4 is 4.74 Å². The van der Waals surface area contributed by atoms with Crippen molar-refractivity contribution in [2.24, 2.45) is 0 Å². The number of nitrogens with one attached hydrogen (secondary N) is 1. The minimum atomic E-state index is -0.609. The number of aromatic nitrogens is 3. The molecule has 2 aromatic carbocycles. The van der Waals surface area contributed by atoms with Crippen LogP contribution in [0.4, 0.5) is 0 Å². The van der Waals surface area contributed by atoms with Crippen molar-refractivity contribution >= 4 is 21.9 Å². The Hall–Kier alpha value is -2.79. The van der Waals surface area contributed by atoms with Crippen LogP contribution >= 0.6 is 0 Å². The van der Waals surface area contributed by atoms with Crippen molar-refractivity contribution in [3.8, 4) is 5.75 Å². The third-order valence-corrected chi connectivity index (χ3v) is 3.92. The van der Waals surface area contributed by atoms with E-state index in [1.807, 2.05) is 59.3 Å². The van der Waals surface area contributed by atoms with E-state index in [-0.39, 0.29) is 6.61 Å². The smallest absolute Gasteiger partial charge is 0.128 e. The molecule has 4 aromatic rings. The van der Waals surface area contributed by atoms with Crippen molar-refractivity contribution < 1.29 is 9.84 Å². The largest absolute Gasteiger partial charge is 0.490 e. The first-order valence-electron chi connectivity index (χ1n) is 7.58. The number of H-pyrrole nitrogens is 1. The van der Waals surface area contributed by atoms with Crippen molar-refractivity contribution in [3.63, 3.8) is 0 Å². The Kier molecular flexibility index (Phi) is 3.48. The van der Waals surface area contributed by atoms with Gasteiger partial charge in [0.1, 0.15) is 18.5 Å². The number of hydrogen-bond acceptors (Lipinski definition) is 3. The average Bonchev–Trinajstić information content (AvgIpc) is 3.20. The molecule has 4 rings (SSSR count). The second kappa shape index (κ2) is 5.78. The first kappa shape index (κ1) is 13.8. The zero-order valence-electron chi connectivity index (χ0n) is 12.5. The molecule has 0 fully saturated rings. The number of fused-ring (bicyclic) bond motifs is 2. The maximum absolute atomic E-state index is 10.3. The Morgan fingerprint density at radius 3 is 3.00 bits per heavy atom. The van der Waals surface area contributed by atoms with E-state index in [2.05, 4.69) is 9.97 Å². The maximum Gasteiger partial charge on any atom is 0.128 e. The maximum atomic E-state index is 10.3. The molecule has 2 aromatic heterocycles. The number of rotatable bonds is 5. The van der Waals surface area contributed by atoms with Crippen molar-refractivity contribution in [2.75, 3.05) is 6.61 Å². The molecule has 2 N–H and O–H groups in total. The predicted octanol–water partition coefficient (Wildman–Crippen LogP) is 2.96. The third kappa shape index (κ3) is 2.66. The molecule has 0 amide bonds. The van der Waals surface area contributed by atoms with Crippen molar-refractivity contribution in [3.05, 3.63) is 61.1 Å². The van der Waals surface area contributed by atoms with Crippen molar-refractivity contribution in [1.82, 2.24) is 14.5 Å². The lowest BCUT2D eigenvalue weighted by atomic mass is 10.2. The third-order valence-electron chi connectivity index (χ3n) is 3.92. The van der Waals surface area contributed by atoms with Gasteiger partial charge in [0, 0.05) is 17.1 Å². The van der Waals surface area contributed by atoms with Crippen LogP contribution in [0.2, 0.25) is 0 Å². The van der Waals surface area contributed by atoms with E-state index in [1.54, 1.807) is 6.33 Å². The molecular weight excluding hydrogens is 290 g/mol. The van der Waals surface area contributed by atoms with Gasteiger partial charge >= 0.3 is 0 Å². The zero-order chi connectivity index (χ0) is 15.6. The van der Waals surface area contributed by atoms with E-state index in [0.29, 0.717) is 6.54 Å². The Morgan fingerprint density at radius 1 is 1.13 bits per heavy atom. The fraction of sp³-hybridized carbons (Fsp3) is 0.167. The molecule has 0 spiro atoms. The number of ether oxygens (including phenoxy) is 1. The molecule has 2 heterocycles. The molecule has 0 aliphatic heterocycles. The standard InChI is InChI=1S/C18H17N3O2/c22-13(10-21-12-20-16-4-1-2-6-17(16)21)11-23-18-7-3-5-15-14(18)8-9-19-15/h1-9,12-13,19,22H,10-11H2/t13-/m0/s1. The minimum Gasteiger partial charge on any atom is -0.490 e. The highest BCUT2D eigenvalue weighted by molar-refractivity contribution is 5.85. The zero-order valence-corrected chi connectivity index (χ0v) is 12.5. The van der Waals surface area contributed by atoms with E-state index in [4.69, 9.17) is 4.74 Å². The molecule has 0 saturated heterocycles. The summed E-state index contributed by atoms with van der Waals surface area (Å²) >= 11 is 0. The van der Waals surface area contributed by atoms with E-state index < -0.39 is 6.10 Å². The molecule has 0 aliphatic carbocycles. The molecule has 23 heavy (non-hydrogen) atoms. The van der Waals surface area contributed by atoms with Gasteiger partial charge in [-0.25, -0.2) is 4.98 Å². The van der Waals surface area contributed by atoms with Gasteiger partial charge in [0.15, 0.2) is 0 Å². The molecule has 5 nitrogen and oxygen atoms in total. The monoisotopic (exact) mass is 307 g/mol. The van der Waals surface area contributed by atoms with Crippen LogP contribution in [0.15, 0.2) is 61.1 Å². The van der Waals surface area contributed by atoms with Gasteiger partial charge in [0.25, 0.3) is 0 Å². The summed E-state index contributed by atoms with van der Waals surface area (Å²) in [6.45, 7) is 0.681. The van der Waals surface area contributed by atoms with Gasteiger partial charge in [-0.1, -0.05) is 18.2 Å². The summed E-state index contributed by atoms with van der Waals surface area (Å²) < 4.78 is 7.74. The Bertz CT molecular complexity index is 941. The van der Waals surface area contributed by atoms with E-state index >= 15 is 0 Å². The fourth-order valence-corrected chi connectivity index (χ4v) is 2.80. The average molecular weight is 307 g/mol. The summed E-state index contributed by atoms with van der Waals surface area (Å²) in [6.07, 6.45) is 3.02. The van der Waals surface area contributed by atoms with Gasteiger partial charge in [-0.05, 0) is 30.3 Å². The number of benzene rings is 2.